The Labute approximate surface area is 104 Å². The van der Waals surface area contributed by atoms with E-state index in [0.29, 0.717) is 13.1 Å². The van der Waals surface area contributed by atoms with E-state index >= 15 is 0 Å². The third kappa shape index (κ3) is 4.26. The fourth-order valence-electron chi connectivity index (χ4n) is 1.90. The van der Waals surface area contributed by atoms with Gasteiger partial charge in [-0.25, -0.2) is 0 Å². The summed E-state index contributed by atoms with van der Waals surface area (Å²) in [5.41, 5.74) is 5.50. The van der Waals surface area contributed by atoms with Crippen molar-refractivity contribution in [3.8, 4) is 0 Å². The summed E-state index contributed by atoms with van der Waals surface area (Å²) >= 11 is 0. The summed E-state index contributed by atoms with van der Waals surface area (Å²) in [7, 11) is 0. The summed E-state index contributed by atoms with van der Waals surface area (Å²) in [5.74, 6) is -0.0636. The van der Waals surface area contributed by atoms with E-state index in [4.69, 9.17) is 10.5 Å². The lowest BCUT2D eigenvalue weighted by atomic mass is 10.0. The normalized spacial score (nSPS) is 22.1. The van der Waals surface area contributed by atoms with Crippen LogP contribution in [0.1, 0.15) is 20.8 Å². The first-order valence-electron chi connectivity index (χ1n) is 6.28. The molecule has 1 saturated heterocycles. The topological polar surface area (TPSA) is 67.6 Å². The maximum Gasteiger partial charge on any atom is 0.224 e. The molecule has 0 radical (unpaired) electrons. The minimum atomic E-state index is -0.104. The van der Waals surface area contributed by atoms with Gasteiger partial charge >= 0.3 is 0 Å². The van der Waals surface area contributed by atoms with Gasteiger partial charge in [-0.2, -0.15) is 0 Å². The third-order valence-electron chi connectivity index (χ3n) is 3.30. The lowest BCUT2D eigenvalue weighted by Crippen LogP contribution is -2.55. The number of morpholine rings is 1. The van der Waals surface area contributed by atoms with Crippen molar-refractivity contribution >= 4 is 5.91 Å². The van der Waals surface area contributed by atoms with Gasteiger partial charge < -0.3 is 15.8 Å². The van der Waals surface area contributed by atoms with Crippen LogP contribution in [0.25, 0.3) is 0 Å². The molecule has 1 heterocycles. The van der Waals surface area contributed by atoms with Gasteiger partial charge in [0.05, 0.1) is 13.2 Å². The van der Waals surface area contributed by atoms with Crippen molar-refractivity contribution in [2.75, 3.05) is 39.4 Å². The van der Waals surface area contributed by atoms with Crippen LogP contribution in [-0.4, -0.2) is 55.7 Å². The van der Waals surface area contributed by atoms with Gasteiger partial charge in [0.1, 0.15) is 0 Å². The Hall–Kier alpha value is -0.650. The average molecular weight is 243 g/mol. The van der Waals surface area contributed by atoms with Crippen molar-refractivity contribution in [3.63, 3.8) is 0 Å². The Morgan fingerprint density at radius 3 is 2.88 bits per heavy atom. The van der Waals surface area contributed by atoms with Crippen molar-refractivity contribution in [3.05, 3.63) is 0 Å². The van der Waals surface area contributed by atoms with E-state index in [0.717, 1.165) is 26.3 Å². The largest absolute Gasteiger partial charge is 0.378 e. The molecule has 5 heteroatoms. The highest BCUT2D eigenvalue weighted by atomic mass is 16.5. The summed E-state index contributed by atoms with van der Waals surface area (Å²) in [6.07, 6.45) is 0. The monoisotopic (exact) mass is 243 g/mol. The molecule has 3 N–H and O–H groups in total. The SMILES string of the molecule is CC(CN)C(=O)NCCN1CCOCC1(C)C. The smallest absolute Gasteiger partial charge is 0.224 e. The molecule has 1 aliphatic heterocycles. The van der Waals surface area contributed by atoms with Gasteiger partial charge in [0.25, 0.3) is 0 Å². The molecule has 0 spiro atoms. The van der Waals surface area contributed by atoms with Crippen LogP contribution in [0.3, 0.4) is 0 Å². The predicted octanol–water partition coefficient (Wildman–Crippen LogP) is -0.192. The standard InChI is InChI=1S/C12H25N3O2/c1-10(8-13)11(16)14-4-5-15-6-7-17-9-12(15,2)3/h10H,4-9,13H2,1-3H3,(H,14,16). The minimum absolute atomic E-state index is 0.0403. The molecule has 100 valence electrons. The van der Waals surface area contributed by atoms with Gasteiger partial charge in [-0.1, -0.05) is 6.92 Å². The van der Waals surface area contributed by atoms with Crippen LogP contribution in [-0.2, 0) is 9.53 Å². The third-order valence-corrected chi connectivity index (χ3v) is 3.30. The van der Waals surface area contributed by atoms with Crippen molar-refractivity contribution in [2.24, 2.45) is 11.7 Å². The van der Waals surface area contributed by atoms with Gasteiger partial charge in [0, 0.05) is 37.6 Å². The van der Waals surface area contributed by atoms with Gasteiger partial charge in [-0.3, -0.25) is 9.69 Å². The molecule has 0 aromatic carbocycles. The van der Waals surface area contributed by atoms with E-state index in [1.54, 1.807) is 0 Å². The molecular weight excluding hydrogens is 218 g/mol. The van der Waals surface area contributed by atoms with Crippen molar-refractivity contribution in [1.82, 2.24) is 10.2 Å². The minimum Gasteiger partial charge on any atom is -0.378 e. The molecule has 0 aromatic heterocycles. The Balaban J connectivity index is 2.28. The summed E-state index contributed by atoms with van der Waals surface area (Å²) in [4.78, 5) is 13.9. The second-order valence-corrected chi connectivity index (χ2v) is 5.28. The van der Waals surface area contributed by atoms with Crippen LogP contribution in [0.4, 0.5) is 0 Å². The van der Waals surface area contributed by atoms with E-state index in [-0.39, 0.29) is 17.4 Å². The first kappa shape index (κ1) is 14.4. The van der Waals surface area contributed by atoms with Crippen LogP contribution in [0.2, 0.25) is 0 Å². The highest BCUT2D eigenvalue weighted by Crippen LogP contribution is 2.17. The van der Waals surface area contributed by atoms with Crippen LogP contribution in [0.5, 0.6) is 0 Å². The molecule has 17 heavy (non-hydrogen) atoms. The van der Waals surface area contributed by atoms with Crippen molar-refractivity contribution in [2.45, 2.75) is 26.3 Å². The van der Waals surface area contributed by atoms with Crippen molar-refractivity contribution < 1.29 is 9.53 Å². The Morgan fingerprint density at radius 1 is 1.59 bits per heavy atom. The number of hydrogen-bond donors (Lipinski definition) is 2. The van der Waals surface area contributed by atoms with Gasteiger partial charge in [0.2, 0.25) is 5.91 Å². The summed E-state index contributed by atoms with van der Waals surface area (Å²) in [6, 6.07) is 0. The Bertz CT molecular complexity index is 256. The number of carbonyl (C=O) groups excluding carboxylic acids is 1. The van der Waals surface area contributed by atoms with Crippen LogP contribution in [0.15, 0.2) is 0 Å². The number of ether oxygens (including phenoxy) is 1. The number of amides is 1. The number of nitrogens with one attached hydrogen (secondary N) is 1. The molecule has 1 rings (SSSR count). The Kier molecular flexibility index (Phi) is 5.36. The second kappa shape index (κ2) is 6.33. The summed E-state index contributed by atoms with van der Waals surface area (Å²) in [6.45, 7) is 10.5. The number of nitrogens with zero attached hydrogens (tertiary/aromatic N) is 1. The molecule has 0 aliphatic carbocycles. The first-order valence-corrected chi connectivity index (χ1v) is 6.28. The zero-order valence-corrected chi connectivity index (χ0v) is 11.2. The zero-order valence-electron chi connectivity index (χ0n) is 11.2. The summed E-state index contributed by atoms with van der Waals surface area (Å²) in [5, 5.41) is 2.92. The number of carbonyl (C=O) groups is 1. The first-order chi connectivity index (χ1) is 7.97. The fraction of sp³-hybridized carbons (Fsp3) is 0.917. The van der Waals surface area contributed by atoms with Crippen LogP contribution >= 0.6 is 0 Å². The van der Waals surface area contributed by atoms with E-state index < -0.39 is 0 Å². The maximum atomic E-state index is 11.5. The number of nitrogens with two attached hydrogens (primary N) is 1. The van der Waals surface area contributed by atoms with Crippen LogP contribution < -0.4 is 11.1 Å². The maximum absolute atomic E-state index is 11.5. The van der Waals surface area contributed by atoms with Crippen LogP contribution in [0, 0.1) is 5.92 Å². The average Bonchev–Trinajstić information content (AvgIpc) is 2.29. The molecular formula is C12H25N3O2. The zero-order chi connectivity index (χ0) is 12.9. The summed E-state index contributed by atoms with van der Waals surface area (Å²) < 4.78 is 5.45. The fourth-order valence-corrected chi connectivity index (χ4v) is 1.90. The molecule has 1 unspecified atom stereocenters. The second-order valence-electron chi connectivity index (χ2n) is 5.28. The van der Waals surface area contributed by atoms with Gasteiger partial charge in [-0.15, -0.1) is 0 Å². The molecule has 0 aromatic rings. The van der Waals surface area contributed by atoms with Crippen molar-refractivity contribution in [1.29, 1.82) is 0 Å². The van der Waals surface area contributed by atoms with E-state index in [1.165, 1.54) is 0 Å². The van der Waals surface area contributed by atoms with E-state index in [9.17, 15) is 4.79 Å². The van der Waals surface area contributed by atoms with Gasteiger partial charge in [0.15, 0.2) is 0 Å². The Morgan fingerprint density at radius 2 is 2.29 bits per heavy atom. The van der Waals surface area contributed by atoms with Gasteiger partial charge in [-0.05, 0) is 13.8 Å². The highest BCUT2D eigenvalue weighted by molar-refractivity contribution is 5.78. The molecule has 1 aliphatic rings. The molecule has 1 atom stereocenters. The lowest BCUT2D eigenvalue weighted by Gasteiger charge is -2.42. The highest BCUT2D eigenvalue weighted by Gasteiger charge is 2.29. The molecule has 0 saturated carbocycles. The molecule has 0 bridgehead atoms. The molecule has 5 nitrogen and oxygen atoms in total. The molecule has 1 fully saturated rings. The van der Waals surface area contributed by atoms with E-state index in [2.05, 4.69) is 24.1 Å². The predicted molar refractivity (Wildman–Crippen MR) is 67.7 cm³/mol. The number of rotatable bonds is 5. The lowest BCUT2D eigenvalue weighted by molar-refractivity contribution is -0.124. The van der Waals surface area contributed by atoms with E-state index in [1.807, 2.05) is 6.92 Å². The number of hydrogen-bond acceptors (Lipinski definition) is 4. The quantitative estimate of drug-likeness (QED) is 0.702. The molecule has 1 amide bonds.